The van der Waals surface area contributed by atoms with Crippen LogP contribution in [0.15, 0.2) is 4.42 Å². The molecule has 0 saturated carbocycles. The minimum atomic E-state index is -0.308. The highest BCUT2D eigenvalue weighted by Gasteiger charge is 2.20. The van der Waals surface area contributed by atoms with E-state index in [0.717, 1.165) is 25.7 Å². The molecule has 0 radical (unpaired) electrons. The van der Waals surface area contributed by atoms with Gasteiger partial charge in [-0.2, -0.15) is 0 Å². The van der Waals surface area contributed by atoms with E-state index >= 15 is 0 Å². The van der Waals surface area contributed by atoms with Gasteiger partial charge in [0.15, 0.2) is 5.76 Å². The summed E-state index contributed by atoms with van der Waals surface area (Å²) in [7, 11) is 0. The van der Waals surface area contributed by atoms with Gasteiger partial charge in [-0.3, -0.25) is 4.79 Å². The maximum atomic E-state index is 11.6. The van der Waals surface area contributed by atoms with Crippen LogP contribution in [0.4, 0.5) is 0 Å². The lowest BCUT2D eigenvalue weighted by Gasteiger charge is -2.04. The van der Waals surface area contributed by atoms with Gasteiger partial charge >= 0.3 is 5.97 Å². The predicted octanol–water partition coefficient (Wildman–Crippen LogP) is 3.73. The van der Waals surface area contributed by atoms with Crippen LogP contribution in [0.3, 0.4) is 0 Å². The van der Waals surface area contributed by atoms with Crippen LogP contribution in [-0.4, -0.2) is 11.1 Å². The van der Waals surface area contributed by atoms with Crippen molar-refractivity contribution in [3.8, 4) is 11.5 Å². The van der Waals surface area contributed by atoms with E-state index in [1.807, 2.05) is 6.92 Å². The van der Waals surface area contributed by atoms with E-state index in [1.54, 1.807) is 6.92 Å². The number of hydrogen-bond acceptors (Lipinski definition) is 4. The van der Waals surface area contributed by atoms with Crippen molar-refractivity contribution < 1.29 is 19.1 Å². The molecule has 0 atom stereocenters. The van der Waals surface area contributed by atoms with E-state index in [4.69, 9.17) is 9.15 Å². The molecule has 1 aromatic heterocycles. The van der Waals surface area contributed by atoms with Crippen LogP contribution in [0, 0.1) is 6.92 Å². The highest BCUT2D eigenvalue weighted by Crippen LogP contribution is 2.37. The van der Waals surface area contributed by atoms with Gasteiger partial charge in [0.05, 0.1) is 0 Å². The van der Waals surface area contributed by atoms with Crippen molar-refractivity contribution in [1.82, 2.24) is 0 Å². The molecular formula is C14H22O4. The molecule has 1 heterocycles. The van der Waals surface area contributed by atoms with Crippen LogP contribution in [-0.2, 0) is 11.2 Å². The lowest BCUT2D eigenvalue weighted by molar-refractivity contribution is -0.134. The van der Waals surface area contributed by atoms with Crippen LogP contribution < -0.4 is 4.74 Å². The van der Waals surface area contributed by atoms with Gasteiger partial charge in [-0.1, -0.05) is 33.1 Å². The highest BCUT2D eigenvalue weighted by molar-refractivity contribution is 5.73. The van der Waals surface area contributed by atoms with Crippen LogP contribution in [0.1, 0.15) is 57.5 Å². The Bertz CT molecular complexity index is 393. The zero-order chi connectivity index (χ0) is 13.5. The molecule has 4 nitrogen and oxygen atoms in total. The quantitative estimate of drug-likeness (QED) is 0.595. The summed E-state index contributed by atoms with van der Waals surface area (Å²) in [4.78, 5) is 11.6. The first-order chi connectivity index (χ1) is 8.60. The van der Waals surface area contributed by atoms with Crippen LogP contribution in [0.25, 0.3) is 0 Å². The van der Waals surface area contributed by atoms with E-state index < -0.39 is 0 Å². The number of carbonyl (C=O) groups is 1. The third-order valence-corrected chi connectivity index (χ3v) is 2.85. The molecule has 0 unspecified atom stereocenters. The molecule has 0 aromatic carbocycles. The summed E-state index contributed by atoms with van der Waals surface area (Å²) < 4.78 is 10.5. The van der Waals surface area contributed by atoms with E-state index in [9.17, 15) is 9.90 Å². The number of rotatable bonds is 7. The van der Waals surface area contributed by atoms with E-state index in [2.05, 4.69) is 6.92 Å². The number of esters is 1. The third-order valence-electron chi connectivity index (χ3n) is 2.85. The van der Waals surface area contributed by atoms with Gasteiger partial charge in [-0.05, 0) is 13.3 Å². The molecule has 0 bridgehead atoms. The van der Waals surface area contributed by atoms with Crippen molar-refractivity contribution in [1.29, 1.82) is 0 Å². The molecule has 0 spiro atoms. The van der Waals surface area contributed by atoms with Crippen molar-refractivity contribution in [2.45, 2.75) is 59.3 Å². The van der Waals surface area contributed by atoms with Crippen LogP contribution >= 0.6 is 0 Å². The molecule has 0 fully saturated rings. The maximum absolute atomic E-state index is 11.6. The van der Waals surface area contributed by atoms with Gasteiger partial charge in [-0.25, -0.2) is 0 Å². The van der Waals surface area contributed by atoms with Crippen molar-refractivity contribution >= 4 is 5.97 Å². The van der Waals surface area contributed by atoms with Crippen molar-refractivity contribution in [3.63, 3.8) is 0 Å². The molecule has 4 heteroatoms. The summed E-state index contributed by atoms with van der Waals surface area (Å²) in [6.07, 6.45) is 5.08. The number of unbranched alkanes of at least 4 members (excludes halogenated alkanes) is 3. The van der Waals surface area contributed by atoms with Crippen LogP contribution in [0.5, 0.6) is 11.5 Å². The minimum Gasteiger partial charge on any atom is -0.502 e. The smallest absolute Gasteiger partial charge is 0.311 e. The Morgan fingerprint density at radius 3 is 2.61 bits per heavy atom. The maximum Gasteiger partial charge on any atom is 0.311 e. The third kappa shape index (κ3) is 3.79. The topological polar surface area (TPSA) is 59.7 Å². The Hall–Kier alpha value is -1.45. The molecule has 1 N–H and O–H groups in total. The lowest BCUT2D eigenvalue weighted by atomic mass is 10.1. The second-order valence-corrected chi connectivity index (χ2v) is 4.40. The Morgan fingerprint density at radius 2 is 2.00 bits per heavy atom. The fourth-order valence-electron chi connectivity index (χ4n) is 1.77. The molecule has 0 saturated heterocycles. The lowest BCUT2D eigenvalue weighted by Crippen LogP contribution is -2.08. The largest absolute Gasteiger partial charge is 0.502 e. The van der Waals surface area contributed by atoms with Crippen molar-refractivity contribution in [3.05, 3.63) is 11.5 Å². The van der Waals surface area contributed by atoms with Gasteiger partial charge < -0.3 is 14.3 Å². The zero-order valence-corrected chi connectivity index (χ0v) is 11.4. The second kappa shape index (κ2) is 7.09. The molecule has 0 amide bonds. The number of furan rings is 1. The molecular weight excluding hydrogens is 232 g/mol. The molecule has 1 rings (SSSR count). The summed E-state index contributed by atoms with van der Waals surface area (Å²) in [5.41, 5.74) is 0. The Morgan fingerprint density at radius 1 is 1.28 bits per heavy atom. The summed E-state index contributed by atoms with van der Waals surface area (Å²) in [5, 5.41) is 9.74. The average Bonchev–Trinajstić information content (AvgIpc) is 2.62. The molecule has 18 heavy (non-hydrogen) atoms. The number of aryl methyl sites for hydroxylation is 2. The zero-order valence-electron chi connectivity index (χ0n) is 11.4. The molecule has 102 valence electrons. The molecule has 0 aliphatic heterocycles. The molecule has 1 aromatic rings. The number of hydrogen-bond donors (Lipinski definition) is 1. The minimum absolute atomic E-state index is 0.0613. The standard InChI is InChI=1S/C14H22O4/c1-4-6-7-8-9-12(15)18-14-11(5-2)17-10(3)13(14)16/h16H,4-9H2,1-3H3. The van der Waals surface area contributed by atoms with E-state index in [0.29, 0.717) is 24.4 Å². The number of ether oxygens (including phenoxy) is 1. The number of aromatic hydroxyl groups is 1. The van der Waals surface area contributed by atoms with Crippen molar-refractivity contribution in [2.24, 2.45) is 0 Å². The first-order valence-electron chi connectivity index (χ1n) is 6.62. The summed E-state index contributed by atoms with van der Waals surface area (Å²) in [5.74, 6) is 0.730. The Balaban J connectivity index is 2.53. The SMILES string of the molecule is CCCCCCC(=O)Oc1c(CC)oc(C)c1O. The van der Waals surface area contributed by atoms with E-state index in [1.165, 1.54) is 0 Å². The monoisotopic (exact) mass is 254 g/mol. The summed E-state index contributed by atoms with van der Waals surface area (Å²) in [6.45, 7) is 5.65. The first-order valence-corrected chi connectivity index (χ1v) is 6.62. The van der Waals surface area contributed by atoms with Gasteiger partial charge in [0.25, 0.3) is 0 Å². The Kier molecular flexibility index (Phi) is 5.75. The first kappa shape index (κ1) is 14.6. The summed E-state index contributed by atoms with van der Waals surface area (Å²) in [6, 6.07) is 0. The molecule has 0 aliphatic carbocycles. The normalized spacial score (nSPS) is 10.6. The summed E-state index contributed by atoms with van der Waals surface area (Å²) >= 11 is 0. The van der Waals surface area contributed by atoms with E-state index in [-0.39, 0.29) is 17.5 Å². The van der Waals surface area contributed by atoms with Gasteiger partial charge in [0.1, 0.15) is 5.76 Å². The van der Waals surface area contributed by atoms with Crippen LogP contribution in [0.2, 0.25) is 0 Å². The van der Waals surface area contributed by atoms with Gasteiger partial charge in [0.2, 0.25) is 11.5 Å². The average molecular weight is 254 g/mol. The second-order valence-electron chi connectivity index (χ2n) is 4.40. The molecule has 0 aliphatic rings. The predicted molar refractivity (Wildman–Crippen MR) is 68.9 cm³/mol. The fourth-order valence-corrected chi connectivity index (χ4v) is 1.77. The Labute approximate surface area is 108 Å². The highest BCUT2D eigenvalue weighted by atomic mass is 16.6. The van der Waals surface area contributed by atoms with Crippen molar-refractivity contribution in [2.75, 3.05) is 0 Å². The number of carbonyl (C=O) groups excluding carboxylic acids is 1. The fraction of sp³-hybridized carbons (Fsp3) is 0.643. The van der Waals surface area contributed by atoms with Gasteiger partial charge in [0, 0.05) is 12.8 Å². The van der Waals surface area contributed by atoms with Gasteiger partial charge in [-0.15, -0.1) is 0 Å².